The number of hydrogen-bond donors (Lipinski definition) is 1. The molecule has 0 aromatic carbocycles. The number of amidine groups is 1. The largest absolute Gasteiger partial charge is 0.351 e. The normalized spacial score (nSPS) is 12.0. The van der Waals surface area contributed by atoms with Crippen LogP contribution >= 0.6 is 0 Å². The maximum Gasteiger partial charge on any atom is 0.0967 e. The van der Waals surface area contributed by atoms with E-state index in [2.05, 4.69) is 16.9 Å². The molecule has 0 aromatic heterocycles. The van der Waals surface area contributed by atoms with Gasteiger partial charge in [0, 0.05) is 13.2 Å². The van der Waals surface area contributed by atoms with E-state index in [9.17, 15) is 0 Å². The van der Waals surface area contributed by atoms with E-state index in [1.165, 1.54) is 0 Å². The fraction of sp³-hybridized carbons (Fsp3) is 0.286. The van der Waals surface area contributed by atoms with Gasteiger partial charge in [0.2, 0.25) is 0 Å². The Labute approximate surface area is 56.0 Å². The smallest absolute Gasteiger partial charge is 0.0967 e. The molecule has 0 bridgehead atoms. The molecule has 2 nitrogen and oxygen atoms in total. The van der Waals surface area contributed by atoms with E-state index in [0.717, 1.165) is 5.84 Å². The van der Waals surface area contributed by atoms with E-state index >= 15 is 0 Å². The lowest BCUT2D eigenvalue weighted by Crippen LogP contribution is -2.11. The summed E-state index contributed by atoms with van der Waals surface area (Å²) in [5.74, 6) is 0.896. The van der Waals surface area contributed by atoms with Crippen LogP contribution in [0.4, 0.5) is 0 Å². The number of rotatable bonds is 2. The first-order chi connectivity index (χ1) is 4.31. The fourth-order valence-corrected chi connectivity index (χ4v) is 0.301. The van der Waals surface area contributed by atoms with Crippen molar-refractivity contribution in [3.8, 4) is 0 Å². The van der Waals surface area contributed by atoms with Crippen molar-refractivity contribution in [2.24, 2.45) is 4.99 Å². The lowest BCUT2D eigenvalue weighted by Gasteiger charge is -1.93. The zero-order chi connectivity index (χ0) is 7.11. The molecular formula is C7H12N2. The van der Waals surface area contributed by atoms with Crippen molar-refractivity contribution in [2.75, 3.05) is 7.05 Å². The summed E-state index contributed by atoms with van der Waals surface area (Å²) < 4.78 is 0. The first-order valence-corrected chi connectivity index (χ1v) is 2.78. The Kier molecular flexibility index (Phi) is 4.50. The maximum atomic E-state index is 3.88. The van der Waals surface area contributed by atoms with Gasteiger partial charge in [0.05, 0.1) is 5.84 Å². The minimum Gasteiger partial charge on any atom is -0.351 e. The van der Waals surface area contributed by atoms with E-state index in [1.807, 2.05) is 13.0 Å². The van der Waals surface area contributed by atoms with Crippen molar-refractivity contribution >= 4 is 5.84 Å². The van der Waals surface area contributed by atoms with E-state index in [0.29, 0.717) is 0 Å². The Morgan fingerprint density at radius 3 is 2.78 bits per heavy atom. The molecule has 50 valence electrons. The van der Waals surface area contributed by atoms with Gasteiger partial charge in [0.25, 0.3) is 0 Å². The molecule has 0 aliphatic rings. The first kappa shape index (κ1) is 7.95. The van der Waals surface area contributed by atoms with Crippen molar-refractivity contribution < 1.29 is 0 Å². The predicted molar refractivity (Wildman–Crippen MR) is 41.5 cm³/mol. The molecule has 0 rings (SSSR count). The third-order valence-corrected chi connectivity index (χ3v) is 0.860. The van der Waals surface area contributed by atoms with Crippen LogP contribution in [0.3, 0.4) is 0 Å². The SMILES string of the molecule is C=C/C=C\N/C(C)=N\C. The fourth-order valence-electron chi connectivity index (χ4n) is 0.301. The summed E-state index contributed by atoms with van der Waals surface area (Å²) in [6.07, 6.45) is 5.31. The summed E-state index contributed by atoms with van der Waals surface area (Å²) in [4.78, 5) is 3.88. The number of nitrogens with zero attached hydrogens (tertiary/aromatic N) is 1. The van der Waals surface area contributed by atoms with Gasteiger partial charge in [-0.25, -0.2) is 0 Å². The average Bonchev–Trinajstić information content (AvgIpc) is 1.89. The van der Waals surface area contributed by atoms with E-state index in [1.54, 1.807) is 19.3 Å². The second-order valence-electron chi connectivity index (χ2n) is 1.55. The van der Waals surface area contributed by atoms with Crippen molar-refractivity contribution in [3.05, 3.63) is 24.9 Å². The zero-order valence-corrected chi connectivity index (χ0v) is 5.89. The van der Waals surface area contributed by atoms with Crippen LogP contribution in [-0.2, 0) is 0 Å². The number of nitrogens with one attached hydrogen (secondary N) is 1. The molecule has 0 aliphatic carbocycles. The van der Waals surface area contributed by atoms with E-state index in [-0.39, 0.29) is 0 Å². The molecule has 9 heavy (non-hydrogen) atoms. The molecule has 0 saturated heterocycles. The minimum atomic E-state index is 0.896. The van der Waals surface area contributed by atoms with E-state index in [4.69, 9.17) is 0 Å². The molecule has 0 spiro atoms. The highest BCUT2D eigenvalue weighted by Crippen LogP contribution is 1.70. The molecule has 0 unspecified atom stereocenters. The molecule has 0 amide bonds. The van der Waals surface area contributed by atoms with Gasteiger partial charge in [0.1, 0.15) is 0 Å². The van der Waals surface area contributed by atoms with Crippen LogP contribution in [0.5, 0.6) is 0 Å². The summed E-state index contributed by atoms with van der Waals surface area (Å²) in [6, 6.07) is 0. The Morgan fingerprint density at radius 2 is 2.33 bits per heavy atom. The van der Waals surface area contributed by atoms with Crippen LogP contribution in [0.25, 0.3) is 0 Å². The van der Waals surface area contributed by atoms with Crippen molar-refractivity contribution in [1.29, 1.82) is 0 Å². The highest BCUT2D eigenvalue weighted by Gasteiger charge is 1.76. The lowest BCUT2D eigenvalue weighted by atomic mass is 10.6. The maximum absolute atomic E-state index is 3.88. The Hall–Kier alpha value is -1.05. The van der Waals surface area contributed by atoms with Gasteiger partial charge in [-0.05, 0) is 13.0 Å². The summed E-state index contributed by atoms with van der Waals surface area (Å²) in [5, 5.41) is 2.93. The van der Waals surface area contributed by atoms with Gasteiger partial charge in [-0.3, -0.25) is 4.99 Å². The molecule has 1 N–H and O–H groups in total. The standard InChI is InChI=1S/C7H12N2/c1-4-5-6-9-7(2)8-3/h4-6H,1H2,2-3H3,(H,8,9)/b6-5-. The summed E-state index contributed by atoms with van der Waals surface area (Å²) in [6.45, 7) is 5.41. The summed E-state index contributed by atoms with van der Waals surface area (Å²) >= 11 is 0. The minimum absolute atomic E-state index is 0.896. The number of aliphatic imine (C=N–C) groups is 1. The molecule has 0 fully saturated rings. The Morgan fingerprint density at radius 1 is 1.67 bits per heavy atom. The van der Waals surface area contributed by atoms with Crippen LogP contribution in [0, 0.1) is 0 Å². The summed E-state index contributed by atoms with van der Waals surface area (Å²) in [5.41, 5.74) is 0. The monoisotopic (exact) mass is 124 g/mol. The predicted octanol–water partition coefficient (Wildman–Crippen LogP) is 1.32. The van der Waals surface area contributed by atoms with Gasteiger partial charge >= 0.3 is 0 Å². The van der Waals surface area contributed by atoms with Gasteiger partial charge in [-0.1, -0.05) is 12.7 Å². The van der Waals surface area contributed by atoms with Gasteiger partial charge in [-0.15, -0.1) is 0 Å². The van der Waals surface area contributed by atoms with Crippen molar-refractivity contribution in [1.82, 2.24) is 5.32 Å². The highest BCUT2D eigenvalue weighted by atomic mass is 14.9. The third-order valence-electron chi connectivity index (χ3n) is 0.860. The molecule has 0 heterocycles. The molecule has 0 atom stereocenters. The Bertz CT molecular complexity index is 134. The quantitative estimate of drug-likeness (QED) is 0.335. The van der Waals surface area contributed by atoms with Crippen molar-refractivity contribution in [3.63, 3.8) is 0 Å². The van der Waals surface area contributed by atoms with Crippen LogP contribution in [-0.4, -0.2) is 12.9 Å². The average molecular weight is 124 g/mol. The second kappa shape index (κ2) is 5.09. The van der Waals surface area contributed by atoms with Crippen LogP contribution in [0.1, 0.15) is 6.92 Å². The summed E-state index contributed by atoms with van der Waals surface area (Å²) in [7, 11) is 1.74. The topological polar surface area (TPSA) is 24.4 Å². The number of allylic oxidation sites excluding steroid dienone is 2. The molecule has 0 aromatic rings. The van der Waals surface area contributed by atoms with Crippen molar-refractivity contribution in [2.45, 2.75) is 6.92 Å². The molecule has 2 heteroatoms. The second-order valence-corrected chi connectivity index (χ2v) is 1.55. The Balaban J connectivity index is 3.50. The van der Waals surface area contributed by atoms with Gasteiger partial charge < -0.3 is 5.32 Å². The number of hydrogen-bond acceptors (Lipinski definition) is 1. The van der Waals surface area contributed by atoms with Gasteiger partial charge in [0.15, 0.2) is 0 Å². The van der Waals surface area contributed by atoms with Crippen LogP contribution in [0.2, 0.25) is 0 Å². The third kappa shape index (κ3) is 4.81. The molecular weight excluding hydrogens is 112 g/mol. The first-order valence-electron chi connectivity index (χ1n) is 2.78. The highest BCUT2D eigenvalue weighted by molar-refractivity contribution is 5.80. The zero-order valence-electron chi connectivity index (χ0n) is 5.89. The van der Waals surface area contributed by atoms with Crippen LogP contribution < -0.4 is 5.32 Å². The molecule has 0 aliphatic heterocycles. The van der Waals surface area contributed by atoms with Gasteiger partial charge in [-0.2, -0.15) is 0 Å². The lowest BCUT2D eigenvalue weighted by molar-refractivity contribution is 1.21. The van der Waals surface area contributed by atoms with E-state index < -0.39 is 0 Å². The molecule has 0 radical (unpaired) electrons. The molecule has 0 saturated carbocycles. The van der Waals surface area contributed by atoms with Crippen LogP contribution in [0.15, 0.2) is 29.9 Å².